The fraction of sp³-hybridized carbons (Fsp3) is 0.433. The molecule has 2 saturated carbocycles. The Hall–Kier alpha value is -2.64. The number of aromatic nitrogens is 1. The zero-order chi connectivity index (χ0) is 25.8. The molecule has 2 aliphatic heterocycles. The quantitative estimate of drug-likeness (QED) is 0.430. The molecule has 5 nitrogen and oxygen atoms in total. The zero-order valence-electron chi connectivity index (χ0n) is 21.4. The van der Waals surface area contributed by atoms with Crippen molar-refractivity contribution in [1.82, 2.24) is 4.98 Å². The number of rotatable bonds is 2. The van der Waals surface area contributed by atoms with E-state index in [-0.39, 0.29) is 62.9 Å². The number of nitrogens with zero attached hydrogens (tertiary/aromatic N) is 1. The first-order valence-corrected chi connectivity index (χ1v) is 14.8. The molecule has 3 fully saturated rings. The minimum Gasteiger partial charge on any atom is -0.307 e. The number of amides is 2. The lowest BCUT2D eigenvalue weighted by Gasteiger charge is -2.43. The number of nitrogens with one attached hydrogen (secondary N) is 1. The van der Waals surface area contributed by atoms with Crippen molar-refractivity contribution in [2.75, 3.05) is 4.90 Å². The van der Waals surface area contributed by atoms with E-state index in [1.54, 1.807) is 11.8 Å². The molecule has 1 saturated heterocycles. The maximum Gasteiger partial charge on any atom is 0.305 e. The molecule has 2 aromatic carbocycles. The van der Waals surface area contributed by atoms with Crippen molar-refractivity contribution in [2.24, 2.45) is 29.6 Å². The first kappa shape index (κ1) is 23.5. The molecule has 7 heteroatoms. The molecule has 0 radical (unpaired) electrons. The Kier molecular flexibility index (Phi) is 5.03. The van der Waals surface area contributed by atoms with Crippen LogP contribution in [0.1, 0.15) is 54.7 Å². The Labute approximate surface area is 224 Å². The van der Waals surface area contributed by atoms with Crippen LogP contribution in [0.25, 0.3) is 0 Å². The topological polar surface area (TPSA) is 70.2 Å². The largest absolute Gasteiger partial charge is 0.307 e. The van der Waals surface area contributed by atoms with Crippen molar-refractivity contribution in [3.8, 4) is 0 Å². The van der Waals surface area contributed by atoms with Crippen molar-refractivity contribution in [1.29, 1.82) is 0 Å². The Bertz CT molecular complexity index is 1480. The smallest absolute Gasteiger partial charge is 0.305 e. The molecular formula is C30H30N2O3S2. The number of hydrogen-bond donors (Lipinski definition) is 1. The van der Waals surface area contributed by atoms with Gasteiger partial charge in [-0.15, -0.1) is 11.8 Å². The molecule has 0 spiro atoms. The van der Waals surface area contributed by atoms with Crippen LogP contribution in [-0.2, 0) is 15.0 Å². The maximum absolute atomic E-state index is 13.8. The highest BCUT2D eigenvalue weighted by Crippen LogP contribution is 2.68. The third kappa shape index (κ3) is 3.32. The molecule has 190 valence electrons. The van der Waals surface area contributed by atoms with Crippen LogP contribution in [0.4, 0.5) is 5.69 Å². The molecule has 7 atom stereocenters. The van der Waals surface area contributed by atoms with Gasteiger partial charge in [-0.25, -0.2) is 0 Å². The van der Waals surface area contributed by atoms with E-state index in [1.807, 2.05) is 31.2 Å². The molecule has 3 aromatic rings. The standard InChI is InChI=1S/C30H30N2O3S2/c1-14-5-11-17(12-6-14)32-27(33)22-18-13-19(23(22)28(32)34)24-21(18)20(25-26(36-24)31-29(35)37-25)15-7-9-16(10-8-15)30(2,3)4/h5-12,18-24H,13H2,1-4H3,(H,31,35)/t18-,19+,20+,21+,22+,23+,24-/m1/s1. The van der Waals surface area contributed by atoms with E-state index in [0.717, 1.165) is 21.9 Å². The molecule has 2 bridgehead atoms. The van der Waals surface area contributed by atoms with Crippen molar-refractivity contribution >= 4 is 40.6 Å². The first-order chi connectivity index (χ1) is 17.6. The summed E-state index contributed by atoms with van der Waals surface area (Å²) in [5.74, 6) is -0.0397. The normalized spacial score (nSPS) is 32.0. The van der Waals surface area contributed by atoms with Gasteiger partial charge in [-0.05, 0) is 59.8 Å². The zero-order valence-corrected chi connectivity index (χ0v) is 23.0. The van der Waals surface area contributed by atoms with Gasteiger partial charge >= 0.3 is 4.87 Å². The van der Waals surface area contributed by atoms with Crippen molar-refractivity contribution < 1.29 is 9.59 Å². The average Bonchev–Trinajstić information content (AvgIpc) is 3.58. The molecule has 2 aliphatic carbocycles. The highest BCUT2D eigenvalue weighted by atomic mass is 32.2. The molecule has 37 heavy (non-hydrogen) atoms. The van der Waals surface area contributed by atoms with Gasteiger partial charge in [-0.1, -0.05) is 74.1 Å². The summed E-state index contributed by atoms with van der Waals surface area (Å²) in [5, 5.41) is 1.17. The van der Waals surface area contributed by atoms with Crippen LogP contribution in [-0.4, -0.2) is 22.0 Å². The van der Waals surface area contributed by atoms with E-state index in [4.69, 9.17) is 0 Å². The van der Waals surface area contributed by atoms with E-state index in [0.29, 0.717) is 5.69 Å². The minimum absolute atomic E-state index is 0.0287. The fourth-order valence-electron chi connectivity index (χ4n) is 7.53. The molecule has 2 amide bonds. The van der Waals surface area contributed by atoms with Crippen molar-refractivity contribution in [3.05, 3.63) is 79.8 Å². The molecule has 0 unspecified atom stereocenters. The van der Waals surface area contributed by atoms with E-state index in [1.165, 1.54) is 27.4 Å². The number of imide groups is 1. The van der Waals surface area contributed by atoms with Crippen LogP contribution in [0.3, 0.4) is 0 Å². The number of fused-ring (bicyclic) bond motifs is 9. The summed E-state index contributed by atoms with van der Waals surface area (Å²) in [4.78, 5) is 45.6. The number of benzene rings is 2. The highest BCUT2D eigenvalue weighted by molar-refractivity contribution is 8.00. The number of carbonyl (C=O) groups is 2. The summed E-state index contributed by atoms with van der Waals surface area (Å²) in [6, 6.07) is 16.5. The van der Waals surface area contributed by atoms with Crippen molar-refractivity contribution in [2.45, 2.75) is 55.7 Å². The summed E-state index contributed by atoms with van der Waals surface area (Å²) < 4.78 is 0. The molecule has 1 N–H and O–H groups in total. The lowest BCUT2D eigenvalue weighted by molar-refractivity contribution is -0.123. The second kappa shape index (κ2) is 7.93. The third-order valence-corrected chi connectivity index (χ3v) is 11.7. The Morgan fingerprint density at radius 1 is 0.892 bits per heavy atom. The van der Waals surface area contributed by atoms with Crippen LogP contribution < -0.4 is 9.77 Å². The van der Waals surface area contributed by atoms with E-state index < -0.39 is 0 Å². The number of aromatic amines is 1. The second-order valence-corrected chi connectivity index (χ2v) is 14.4. The number of hydrogen-bond acceptors (Lipinski definition) is 5. The van der Waals surface area contributed by atoms with Crippen LogP contribution in [0.15, 0.2) is 58.4 Å². The van der Waals surface area contributed by atoms with Gasteiger partial charge in [0.15, 0.2) is 0 Å². The minimum atomic E-state index is -0.269. The number of H-pyrrole nitrogens is 1. The number of thiazole rings is 1. The molecule has 7 rings (SSSR count). The number of carbonyl (C=O) groups excluding carboxylic acids is 2. The van der Waals surface area contributed by atoms with Crippen LogP contribution in [0.5, 0.6) is 0 Å². The summed E-state index contributed by atoms with van der Waals surface area (Å²) in [6.07, 6.45) is 0.909. The summed E-state index contributed by atoms with van der Waals surface area (Å²) >= 11 is 3.05. The number of aryl methyl sites for hydroxylation is 1. The third-order valence-electron chi connectivity index (χ3n) is 9.15. The van der Waals surface area contributed by atoms with Gasteiger partial charge in [0.05, 0.1) is 22.5 Å². The van der Waals surface area contributed by atoms with E-state index in [2.05, 4.69) is 50.0 Å². The van der Waals surface area contributed by atoms with Crippen molar-refractivity contribution in [3.63, 3.8) is 0 Å². The van der Waals surface area contributed by atoms with E-state index in [9.17, 15) is 14.4 Å². The maximum atomic E-state index is 13.8. The highest BCUT2D eigenvalue weighted by Gasteiger charge is 2.69. The Balaban J connectivity index is 1.30. The van der Waals surface area contributed by atoms with Gasteiger partial charge < -0.3 is 4.98 Å². The van der Waals surface area contributed by atoms with Crippen LogP contribution in [0, 0.1) is 36.5 Å². The molecule has 3 heterocycles. The van der Waals surface area contributed by atoms with Gasteiger partial charge in [0.25, 0.3) is 0 Å². The molecule has 4 aliphatic rings. The fourth-order valence-corrected chi connectivity index (χ4v) is 10.4. The van der Waals surface area contributed by atoms with E-state index >= 15 is 0 Å². The molecular weight excluding hydrogens is 500 g/mol. The van der Waals surface area contributed by atoms with Gasteiger partial charge in [0.2, 0.25) is 11.8 Å². The van der Waals surface area contributed by atoms with Crippen LogP contribution in [0.2, 0.25) is 0 Å². The number of anilines is 1. The average molecular weight is 531 g/mol. The predicted octanol–water partition coefficient (Wildman–Crippen LogP) is 5.72. The predicted molar refractivity (Wildman–Crippen MR) is 147 cm³/mol. The van der Waals surface area contributed by atoms with Gasteiger partial charge in [0, 0.05) is 16.0 Å². The first-order valence-electron chi connectivity index (χ1n) is 13.1. The van der Waals surface area contributed by atoms with Crippen LogP contribution >= 0.6 is 23.1 Å². The molecule has 1 aromatic heterocycles. The Morgan fingerprint density at radius 2 is 1.54 bits per heavy atom. The van der Waals surface area contributed by atoms with Gasteiger partial charge in [-0.3, -0.25) is 19.3 Å². The summed E-state index contributed by atoms with van der Waals surface area (Å²) in [5.41, 5.74) is 4.33. The van der Waals surface area contributed by atoms with Gasteiger partial charge in [0.1, 0.15) is 0 Å². The summed E-state index contributed by atoms with van der Waals surface area (Å²) in [6.45, 7) is 8.64. The SMILES string of the molecule is Cc1ccc(N2C(=O)[C@H]3[C@@H]4C[C@@H]([C@@H]3C2=O)[C@H]2[C@H](c3ccc(C(C)(C)C)cc3)c3sc(=O)[nH]c3S[C@H]42)cc1. The lowest BCUT2D eigenvalue weighted by atomic mass is 9.68. The Morgan fingerprint density at radius 3 is 2.19 bits per heavy atom. The number of thioether (sulfide) groups is 1. The lowest BCUT2D eigenvalue weighted by Crippen LogP contribution is -2.42. The van der Waals surface area contributed by atoms with Gasteiger partial charge in [-0.2, -0.15) is 0 Å². The second-order valence-electron chi connectivity index (χ2n) is 12.2. The summed E-state index contributed by atoms with van der Waals surface area (Å²) in [7, 11) is 0. The monoisotopic (exact) mass is 530 g/mol.